The summed E-state index contributed by atoms with van der Waals surface area (Å²) in [5, 5.41) is 12.4. The van der Waals surface area contributed by atoms with Gasteiger partial charge in [0.2, 0.25) is 5.91 Å². The topological polar surface area (TPSA) is 75.4 Å². The van der Waals surface area contributed by atoms with Gasteiger partial charge in [-0.05, 0) is 19.3 Å². The number of carbonyl (C=O) groups is 1. The molecule has 0 radical (unpaired) electrons. The van der Waals surface area contributed by atoms with Crippen molar-refractivity contribution >= 4 is 5.91 Å². The number of aliphatic hydroxyl groups is 1. The Morgan fingerprint density at radius 2 is 2.12 bits per heavy atom. The number of hydrogen-bond donors (Lipinski definition) is 3. The lowest BCUT2D eigenvalue weighted by atomic mass is 9.87. The SMILES string of the molecule is NC1C=CC(C(=O)NCC2(CO)CCCC2)C1. The molecule has 2 rings (SSSR count). The van der Waals surface area contributed by atoms with Crippen LogP contribution in [0.4, 0.5) is 0 Å². The summed E-state index contributed by atoms with van der Waals surface area (Å²) in [5.41, 5.74) is 5.66. The predicted molar refractivity (Wildman–Crippen MR) is 66.2 cm³/mol. The third-order valence-electron chi connectivity index (χ3n) is 4.09. The van der Waals surface area contributed by atoms with Crippen LogP contribution < -0.4 is 11.1 Å². The van der Waals surface area contributed by atoms with E-state index in [0.29, 0.717) is 13.0 Å². The molecule has 2 unspecified atom stereocenters. The van der Waals surface area contributed by atoms with E-state index < -0.39 is 0 Å². The van der Waals surface area contributed by atoms with Crippen LogP contribution in [0, 0.1) is 11.3 Å². The summed E-state index contributed by atoms with van der Waals surface area (Å²) in [6, 6.07) is 0.0176. The normalized spacial score (nSPS) is 30.7. The van der Waals surface area contributed by atoms with Crippen LogP contribution in [0.2, 0.25) is 0 Å². The van der Waals surface area contributed by atoms with E-state index in [2.05, 4.69) is 5.32 Å². The van der Waals surface area contributed by atoms with E-state index in [1.807, 2.05) is 12.2 Å². The maximum absolute atomic E-state index is 11.9. The Hall–Kier alpha value is -0.870. The lowest BCUT2D eigenvalue weighted by Crippen LogP contribution is -2.40. The number of carbonyl (C=O) groups excluding carboxylic acids is 1. The number of hydrogen-bond acceptors (Lipinski definition) is 3. The first-order valence-corrected chi connectivity index (χ1v) is 6.48. The van der Waals surface area contributed by atoms with E-state index in [1.54, 1.807) is 0 Å². The highest BCUT2D eigenvalue weighted by atomic mass is 16.3. The van der Waals surface area contributed by atoms with E-state index in [-0.39, 0.29) is 29.9 Å². The van der Waals surface area contributed by atoms with Crippen LogP contribution in [0.25, 0.3) is 0 Å². The minimum Gasteiger partial charge on any atom is -0.396 e. The Balaban J connectivity index is 1.81. The van der Waals surface area contributed by atoms with Gasteiger partial charge in [-0.25, -0.2) is 0 Å². The lowest BCUT2D eigenvalue weighted by Gasteiger charge is -2.27. The summed E-state index contributed by atoms with van der Waals surface area (Å²) >= 11 is 0. The zero-order valence-electron chi connectivity index (χ0n) is 10.2. The van der Waals surface area contributed by atoms with Gasteiger partial charge >= 0.3 is 0 Å². The molecule has 0 aromatic carbocycles. The van der Waals surface area contributed by atoms with Gasteiger partial charge in [-0.15, -0.1) is 0 Å². The van der Waals surface area contributed by atoms with Crippen LogP contribution in [0.3, 0.4) is 0 Å². The average molecular weight is 238 g/mol. The number of amides is 1. The van der Waals surface area contributed by atoms with Crippen LogP contribution in [-0.4, -0.2) is 30.2 Å². The second-order valence-corrected chi connectivity index (χ2v) is 5.47. The largest absolute Gasteiger partial charge is 0.396 e. The van der Waals surface area contributed by atoms with Crippen molar-refractivity contribution in [2.75, 3.05) is 13.2 Å². The van der Waals surface area contributed by atoms with Crippen molar-refractivity contribution in [2.45, 2.75) is 38.1 Å². The zero-order chi connectivity index (χ0) is 12.3. The molecule has 1 saturated carbocycles. The van der Waals surface area contributed by atoms with E-state index >= 15 is 0 Å². The highest BCUT2D eigenvalue weighted by molar-refractivity contribution is 5.81. The van der Waals surface area contributed by atoms with Crippen molar-refractivity contribution in [3.63, 3.8) is 0 Å². The lowest BCUT2D eigenvalue weighted by molar-refractivity contribution is -0.124. The maximum Gasteiger partial charge on any atom is 0.227 e. The van der Waals surface area contributed by atoms with Crippen molar-refractivity contribution in [2.24, 2.45) is 17.1 Å². The zero-order valence-corrected chi connectivity index (χ0v) is 10.2. The second kappa shape index (κ2) is 5.19. The van der Waals surface area contributed by atoms with Gasteiger partial charge in [-0.1, -0.05) is 25.0 Å². The molecule has 2 aliphatic rings. The fraction of sp³-hybridized carbons (Fsp3) is 0.769. The molecule has 17 heavy (non-hydrogen) atoms. The highest BCUT2D eigenvalue weighted by Gasteiger charge is 2.34. The first kappa shape index (κ1) is 12.6. The van der Waals surface area contributed by atoms with Gasteiger partial charge < -0.3 is 16.2 Å². The Kier molecular flexibility index (Phi) is 3.84. The fourth-order valence-corrected chi connectivity index (χ4v) is 2.84. The van der Waals surface area contributed by atoms with E-state index in [4.69, 9.17) is 5.73 Å². The molecule has 0 spiro atoms. The van der Waals surface area contributed by atoms with Crippen LogP contribution in [0.1, 0.15) is 32.1 Å². The van der Waals surface area contributed by atoms with Gasteiger partial charge in [0.25, 0.3) is 0 Å². The smallest absolute Gasteiger partial charge is 0.227 e. The van der Waals surface area contributed by atoms with Gasteiger partial charge in [-0.2, -0.15) is 0 Å². The predicted octanol–water partition coefficient (Wildman–Crippen LogP) is 0.559. The molecule has 0 heterocycles. The summed E-state index contributed by atoms with van der Waals surface area (Å²) < 4.78 is 0. The molecule has 0 aromatic rings. The standard InChI is InChI=1S/C13H22N2O2/c14-11-4-3-10(7-11)12(17)15-8-13(9-16)5-1-2-6-13/h3-4,10-11,16H,1-2,5-9,14H2,(H,15,17). The van der Waals surface area contributed by atoms with Gasteiger partial charge in [0.1, 0.15) is 0 Å². The van der Waals surface area contributed by atoms with Crippen molar-refractivity contribution in [1.29, 1.82) is 0 Å². The Bertz CT molecular complexity index is 309. The molecule has 0 saturated heterocycles. The number of nitrogens with two attached hydrogens (primary N) is 1. The molecular formula is C13H22N2O2. The first-order valence-electron chi connectivity index (χ1n) is 6.48. The molecule has 1 amide bonds. The average Bonchev–Trinajstić information content (AvgIpc) is 2.95. The molecule has 2 atom stereocenters. The molecule has 2 aliphatic carbocycles. The molecular weight excluding hydrogens is 216 g/mol. The Morgan fingerprint density at radius 1 is 1.41 bits per heavy atom. The molecule has 0 aromatic heterocycles. The fourth-order valence-electron chi connectivity index (χ4n) is 2.84. The van der Waals surface area contributed by atoms with Gasteiger partial charge in [-0.3, -0.25) is 4.79 Å². The Labute approximate surface area is 102 Å². The number of rotatable bonds is 4. The van der Waals surface area contributed by atoms with Crippen molar-refractivity contribution in [3.05, 3.63) is 12.2 Å². The van der Waals surface area contributed by atoms with Crippen LogP contribution in [0.15, 0.2) is 12.2 Å². The minimum absolute atomic E-state index is 0.0176. The molecule has 4 heteroatoms. The van der Waals surface area contributed by atoms with Gasteiger partial charge in [0, 0.05) is 18.0 Å². The second-order valence-electron chi connectivity index (χ2n) is 5.47. The quantitative estimate of drug-likeness (QED) is 0.626. The third-order valence-corrected chi connectivity index (χ3v) is 4.09. The molecule has 0 bridgehead atoms. The van der Waals surface area contributed by atoms with E-state index in [0.717, 1.165) is 25.7 Å². The molecule has 96 valence electrons. The van der Waals surface area contributed by atoms with E-state index in [1.165, 1.54) is 0 Å². The summed E-state index contributed by atoms with van der Waals surface area (Å²) in [6.07, 6.45) is 8.84. The van der Waals surface area contributed by atoms with Crippen molar-refractivity contribution in [3.8, 4) is 0 Å². The van der Waals surface area contributed by atoms with Crippen LogP contribution in [-0.2, 0) is 4.79 Å². The van der Waals surface area contributed by atoms with Crippen molar-refractivity contribution in [1.82, 2.24) is 5.32 Å². The summed E-state index contributed by atoms with van der Waals surface area (Å²) in [5.74, 6) is -0.0314. The Morgan fingerprint density at radius 3 is 2.65 bits per heavy atom. The number of nitrogens with one attached hydrogen (secondary N) is 1. The van der Waals surface area contributed by atoms with Crippen LogP contribution in [0.5, 0.6) is 0 Å². The molecule has 1 fully saturated rings. The summed E-state index contributed by atoms with van der Waals surface area (Å²) in [4.78, 5) is 11.9. The van der Waals surface area contributed by atoms with E-state index in [9.17, 15) is 9.90 Å². The highest BCUT2D eigenvalue weighted by Crippen LogP contribution is 2.37. The first-order chi connectivity index (χ1) is 8.15. The summed E-state index contributed by atoms with van der Waals surface area (Å²) in [6.45, 7) is 0.773. The van der Waals surface area contributed by atoms with Crippen molar-refractivity contribution < 1.29 is 9.90 Å². The minimum atomic E-state index is -0.0813. The third kappa shape index (κ3) is 2.87. The van der Waals surface area contributed by atoms with Gasteiger partial charge in [0.15, 0.2) is 0 Å². The molecule has 0 aliphatic heterocycles. The number of aliphatic hydroxyl groups excluding tert-OH is 1. The molecule has 4 nitrogen and oxygen atoms in total. The molecule has 4 N–H and O–H groups in total. The maximum atomic E-state index is 11.9. The monoisotopic (exact) mass is 238 g/mol. The van der Waals surface area contributed by atoms with Gasteiger partial charge in [0.05, 0.1) is 12.5 Å². The summed E-state index contributed by atoms with van der Waals surface area (Å²) in [7, 11) is 0. The van der Waals surface area contributed by atoms with Crippen LogP contribution >= 0.6 is 0 Å².